The van der Waals surface area contributed by atoms with Crippen LogP contribution in [0.5, 0.6) is 0 Å². The molecule has 0 aromatic carbocycles. The maximum absolute atomic E-state index is 12.4. The third kappa shape index (κ3) is 3.97. The fourth-order valence-electron chi connectivity index (χ4n) is 2.24. The van der Waals surface area contributed by atoms with Gasteiger partial charge in [0.25, 0.3) is 0 Å². The van der Waals surface area contributed by atoms with Gasteiger partial charge in [-0.15, -0.1) is 11.3 Å². The van der Waals surface area contributed by atoms with Crippen molar-refractivity contribution in [1.82, 2.24) is 4.90 Å². The molecule has 1 fully saturated rings. The summed E-state index contributed by atoms with van der Waals surface area (Å²) in [6, 6.07) is 3.58. The highest BCUT2D eigenvalue weighted by atomic mass is 35.5. The van der Waals surface area contributed by atoms with Crippen LogP contribution in [0.4, 0.5) is 0 Å². The van der Waals surface area contributed by atoms with E-state index in [9.17, 15) is 4.79 Å². The normalized spacial score (nSPS) is 21.9. The van der Waals surface area contributed by atoms with Crippen LogP contribution in [0.15, 0.2) is 12.1 Å². The zero-order valence-corrected chi connectivity index (χ0v) is 14.0. The fourth-order valence-corrected chi connectivity index (χ4v) is 4.42. The van der Waals surface area contributed by atoms with Gasteiger partial charge < -0.3 is 0 Å². The molecule has 2 rings (SSSR count). The van der Waals surface area contributed by atoms with Crippen molar-refractivity contribution in [1.29, 1.82) is 0 Å². The Morgan fingerprint density at radius 1 is 1.42 bits per heavy atom. The molecule has 2 heterocycles. The SMILES string of the molecule is CC(C(=O)c1ccc(Cl)s1)N1CCSC(C)(C)CC1. The van der Waals surface area contributed by atoms with Crippen LogP contribution in [0.2, 0.25) is 4.34 Å². The summed E-state index contributed by atoms with van der Waals surface area (Å²) in [7, 11) is 0. The van der Waals surface area contributed by atoms with E-state index in [1.807, 2.05) is 24.8 Å². The summed E-state index contributed by atoms with van der Waals surface area (Å²) in [5.74, 6) is 1.29. The van der Waals surface area contributed by atoms with Gasteiger partial charge in [-0.1, -0.05) is 25.4 Å². The number of thioether (sulfide) groups is 1. The number of carbonyl (C=O) groups is 1. The molecule has 0 bridgehead atoms. The standard InChI is InChI=1S/C14H20ClNOS2/c1-10(13(17)11-4-5-12(15)19-11)16-7-6-14(2,3)18-9-8-16/h4-5,10H,6-9H2,1-3H3. The summed E-state index contributed by atoms with van der Waals surface area (Å²) < 4.78 is 1.01. The minimum absolute atomic E-state index is 0.0517. The molecule has 1 aromatic rings. The number of nitrogens with zero attached hydrogens (tertiary/aromatic N) is 1. The molecular formula is C14H20ClNOS2. The van der Waals surface area contributed by atoms with Gasteiger partial charge in [-0.05, 0) is 25.5 Å². The van der Waals surface area contributed by atoms with Crippen LogP contribution in [0.1, 0.15) is 36.9 Å². The van der Waals surface area contributed by atoms with Gasteiger partial charge >= 0.3 is 0 Å². The van der Waals surface area contributed by atoms with Crippen molar-refractivity contribution in [2.75, 3.05) is 18.8 Å². The third-order valence-corrected chi connectivity index (χ3v) is 6.23. The second kappa shape index (κ2) is 6.17. The minimum Gasteiger partial charge on any atom is -0.293 e. The zero-order chi connectivity index (χ0) is 14.0. The first-order valence-electron chi connectivity index (χ1n) is 6.57. The predicted molar refractivity (Wildman–Crippen MR) is 85.8 cm³/mol. The fraction of sp³-hybridized carbons (Fsp3) is 0.643. The van der Waals surface area contributed by atoms with E-state index in [2.05, 4.69) is 18.7 Å². The lowest BCUT2D eigenvalue weighted by molar-refractivity contribution is 0.0849. The summed E-state index contributed by atoms with van der Waals surface area (Å²) in [6.07, 6.45) is 1.13. The van der Waals surface area contributed by atoms with Gasteiger partial charge in [0.05, 0.1) is 15.3 Å². The molecule has 106 valence electrons. The topological polar surface area (TPSA) is 20.3 Å². The Morgan fingerprint density at radius 3 is 2.79 bits per heavy atom. The van der Waals surface area contributed by atoms with Gasteiger partial charge in [0.1, 0.15) is 0 Å². The molecule has 0 radical (unpaired) electrons. The van der Waals surface area contributed by atoms with Crippen LogP contribution in [0.25, 0.3) is 0 Å². The van der Waals surface area contributed by atoms with Gasteiger partial charge in [0, 0.05) is 23.6 Å². The first-order valence-corrected chi connectivity index (χ1v) is 8.75. The Hall–Kier alpha value is -0.0300. The summed E-state index contributed by atoms with van der Waals surface area (Å²) in [5, 5.41) is 0. The Balaban J connectivity index is 2.03. The zero-order valence-electron chi connectivity index (χ0n) is 11.6. The van der Waals surface area contributed by atoms with Crippen molar-refractivity contribution < 1.29 is 4.79 Å². The Bertz CT molecular complexity index is 458. The Labute approximate surface area is 128 Å². The molecule has 0 N–H and O–H groups in total. The van der Waals surface area contributed by atoms with Gasteiger partial charge in [-0.25, -0.2) is 0 Å². The Kier molecular flexibility index (Phi) is 4.99. The second-order valence-corrected chi connectivity index (χ2v) is 9.06. The third-order valence-electron chi connectivity index (χ3n) is 3.62. The van der Waals surface area contributed by atoms with Crippen LogP contribution >= 0.6 is 34.7 Å². The highest BCUT2D eigenvalue weighted by Crippen LogP contribution is 2.32. The lowest BCUT2D eigenvalue weighted by Gasteiger charge is -2.26. The largest absolute Gasteiger partial charge is 0.293 e. The van der Waals surface area contributed by atoms with Gasteiger partial charge in [-0.2, -0.15) is 11.8 Å². The summed E-state index contributed by atoms with van der Waals surface area (Å²) in [4.78, 5) is 15.5. The van der Waals surface area contributed by atoms with E-state index >= 15 is 0 Å². The molecule has 0 saturated carbocycles. The molecule has 19 heavy (non-hydrogen) atoms. The molecule has 1 aromatic heterocycles. The number of ketones is 1. The highest BCUT2D eigenvalue weighted by Gasteiger charge is 2.29. The van der Waals surface area contributed by atoms with Crippen LogP contribution in [0.3, 0.4) is 0 Å². The lowest BCUT2D eigenvalue weighted by atomic mass is 10.1. The maximum Gasteiger partial charge on any atom is 0.189 e. The average molecular weight is 318 g/mol. The van der Waals surface area contributed by atoms with Crippen LogP contribution in [-0.4, -0.2) is 40.3 Å². The average Bonchev–Trinajstić information content (AvgIpc) is 2.69. The molecule has 0 aliphatic carbocycles. The molecule has 1 atom stereocenters. The maximum atomic E-state index is 12.4. The molecule has 1 aliphatic rings. The van der Waals surface area contributed by atoms with E-state index < -0.39 is 0 Å². The summed E-state index contributed by atoms with van der Waals surface area (Å²) in [5.41, 5.74) is 0. The molecule has 0 spiro atoms. The van der Waals surface area contributed by atoms with E-state index in [0.717, 1.165) is 30.1 Å². The molecule has 1 saturated heterocycles. The predicted octanol–water partition coefficient (Wildman–Crippen LogP) is 4.19. The van der Waals surface area contributed by atoms with Crippen molar-refractivity contribution in [3.05, 3.63) is 21.3 Å². The van der Waals surface area contributed by atoms with Gasteiger partial charge in [-0.3, -0.25) is 9.69 Å². The molecule has 5 heteroatoms. The summed E-state index contributed by atoms with van der Waals surface area (Å²) in [6.45, 7) is 8.56. The van der Waals surface area contributed by atoms with E-state index in [1.54, 1.807) is 6.07 Å². The monoisotopic (exact) mass is 317 g/mol. The molecular weight excluding hydrogens is 298 g/mol. The first kappa shape index (κ1) is 15.4. The molecule has 1 unspecified atom stereocenters. The van der Waals surface area contributed by atoms with E-state index in [1.165, 1.54) is 11.3 Å². The number of hydrogen-bond acceptors (Lipinski definition) is 4. The number of rotatable bonds is 3. The van der Waals surface area contributed by atoms with Crippen molar-refractivity contribution in [2.45, 2.75) is 38.0 Å². The minimum atomic E-state index is -0.0517. The van der Waals surface area contributed by atoms with Crippen LogP contribution < -0.4 is 0 Å². The number of halogens is 1. The van der Waals surface area contributed by atoms with Crippen LogP contribution in [0, 0.1) is 0 Å². The van der Waals surface area contributed by atoms with Gasteiger partial charge in [0.2, 0.25) is 0 Å². The van der Waals surface area contributed by atoms with E-state index in [4.69, 9.17) is 11.6 Å². The van der Waals surface area contributed by atoms with Crippen molar-refractivity contribution in [3.63, 3.8) is 0 Å². The van der Waals surface area contributed by atoms with Crippen LogP contribution in [-0.2, 0) is 0 Å². The first-order chi connectivity index (χ1) is 8.89. The molecule has 1 aliphatic heterocycles. The van der Waals surface area contributed by atoms with Crippen molar-refractivity contribution >= 4 is 40.5 Å². The van der Waals surface area contributed by atoms with E-state index in [-0.39, 0.29) is 11.8 Å². The number of thiophene rings is 1. The van der Waals surface area contributed by atoms with E-state index in [0.29, 0.717) is 9.08 Å². The molecule has 2 nitrogen and oxygen atoms in total. The van der Waals surface area contributed by atoms with Crippen molar-refractivity contribution in [3.8, 4) is 0 Å². The number of hydrogen-bond donors (Lipinski definition) is 0. The quantitative estimate of drug-likeness (QED) is 0.780. The second-order valence-electron chi connectivity index (χ2n) is 5.54. The Morgan fingerprint density at radius 2 is 2.16 bits per heavy atom. The van der Waals surface area contributed by atoms with Gasteiger partial charge in [0.15, 0.2) is 5.78 Å². The summed E-state index contributed by atoms with van der Waals surface area (Å²) >= 11 is 9.29. The lowest BCUT2D eigenvalue weighted by Crippen LogP contribution is -2.40. The smallest absolute Gasteiger partial charge is 0.189 e. The van der Waals surface area contributed by atoms with Crippen molar-refractivity contribution in [2.24, 2.45) is 0 Å². The number of carbonyl (C=O) groups excluding carboxylic acids is 1. The number of Topliss-reactive ketones (excluding diaryl/α,β-unsaturated/α-hetero) is 1. The molecule has 0 amide bonds. The highest BCUT2D eigenvalue weighted by molar-refractivity contribution is 8.00.